The maximum atomic E-state index is 5.81. The molecule has 2 saturated heterocycles. The third-order valence-corrected chi connectivity index (χ3v) is 4.44. The van der Waals surface area contributed by atoms with E-state index in [2.05, 4.69) is 22.0 Å². The number of pyridine rings is 1. The van der Waals surface area contributed by atoms with Crippen molar-refractivity contribution < 1.29 is 9.47 Å². The summed E-state index contributed by atoms with van der Waals surface area (Å²) in [6.45, 7) is 5.03. The van der Waals surface area contributed by atoms with Crippen LogP contribution in [-0.2, 0) is 15.9 Å². The maximum Gasteiger partial charge on any atom is 0.0702 e. The molecule has 1 aromatic heterocycles. The Labute approximate surface area is 127 Å². The molecule has 4 nitrogen and oxygen atoms in total. The second-order valence-electron chi connectivity index (χ2n) is 6.14. The molecule has 3 rings (SSSR count). The highest BCUT2D eigenvalue weighted by molar-refractivity contribution is 5.09. The summed E-state index contributed by atoms with van der Waals surface area (Å²) in [6, 6.07) is 4.21. The van der Waals surface area contributed by atoms with Crippen LogP contribution >= 0.6 is 0 Å². The normalized spacial score (nSPS) is 25.8. The zero-order valence-electron chi connectivity index (χ0n) is 12.7. The first-order valence-corrected chi connectivity index (χ1v) is 8.24. The van der Waals surface area contributed by atoms with Crippen LogP contribution in [0.2, 0.25) is 0 Å². The van der Waals surface area contributed by atoms with Crippen molar-refractivity contribution in [2.75, 3.05) is 32.8 Å². The fourth-order valence-electron chi connectivity index (χ4n) is 3.25. The average molecular weight is 290 g/mol. The predicted molar refractivity (Wildman–Crippen MR) is 82.3 cm³/mol. The molecule has 1 aromatic rings. The smallest absolute Gasteiger partial charge is 0.0702 e. The van der Waals surface area contributed by atoms with E-state index in [-0.39, 0.29) is 0 Å². The Bertz CT molecular complexity index is 383. The predicted octanol–water partition coefficient (Wildman–Crippen LogP) is 2.28. The van der Waals surface area contributed by atoms with Crippen LogP contribution in [0.1, 0.15) is 31.2 Å². The van der Waals surface area contributed by atoms with Gasteiger partial charge in [-0.2, -0.15) is 0 Å². The molecule has 0 radical (unpaired) electrons. The second-order valence-corrected chi connectivity index (χ2v) is 6.14. The number of aromatic nitrogens is 1. The van der Waals surface area contributed by atoms with Crippen molar-refractivity contribution in [3.8, 4) is 0 Å². The minimum Gasteiger partial charge on any atom is -0.377 e. The van der Waals surface area contributed by atoms with Gasteiger partial charge in [0.05, 0.1) is 12.2 Å². The lowest BCUT2D eigenvalue weighted by Gasteiger charge is -2.27. The van der Waals surface area contributed by atoms with Gasteiger partial charge >= 0.3 is 0 Å². The average Bonchev–Trinajstić information content (AvgIpc) is 3.20. The summed E-state index contributed by atoms with van der Waals surface area (Å²) in [5, 5.41) is 0. The molecule has 0 aromatic carbocycles. The number of hydrogen-bond acceptors (Lipinski definition) is 4. The molecular formula is C17H26N2O2. The van der Waals surface area contributed by atoms with Crippen molar-refractivity contribution in [3.63, 3.8) is 0 Å². The molecule has 0 saturated carbocycles. The molecular weight excluding hydrogens is 264 g/mol. The molecule has 2 aliphatic heterocycles. The number of nitrogens with zero attached hydrogens (tertiary/aromatic N) is 2. The lowest BCUT2D eigenvalue weighted by molar-refractivity contribution is 0.0380. The molecule has 2 aliphatic rings. The summed E-state index contributed by atoms with van der Waals surface area (Å²) in [7, 11) is 0. The van der Waals surface area contributed by atoms with Gasteiger partial charge in [-0.25, -0.2) is 0 Å². The van der Waals surface area contributed by atoms with Gasteiger partial charge in [-0.05, 0) is 49.8 Å². The molecule has 21 heavy (non-hydrogen) atoms. The zero-order chi connectivity index (χ0) is 14.3. The zero-order valence-corrected chi connectivity index (χ0v) is 12.7. The maximum absolute atomic E-state index is 5.81. The van der Waals surface area contributed by atoms with Crippen molar-refractivity contribution in [3.05, 3.63) is 30.1 Å². The summed E-state index contributed by atoms with van der Waals surface area (Å²) in [5.74, 6) is 0. The Hall–Kier alpha value is -0.970. The van der Waals surface area contributed by atoms with Gasteiger partial charge in [0.1, 0.15) is 0 Å². The quantitative estimate of drug-likeness (QED) is 0.771. The topological polar surface area (TPSA) is 34.6 Å². The lowest BCUT2D eigenvalue weighted by atomic mass is 10.1. The van der Waals surface area contributed by atoms with Gasteiger partial charge in [0.2, 0.25) is 0 Å². The van der Waals surface area contributed by atoms with Gasteiger partial charge in [0, 0.05) is 45.2 Å². The molecule has 116 valence electrons. The fraction of sp³-hybridized carbons (Fsp3) is 0.706. The number of hydrogen-bond donors (Lipinski definition) is 0. The van der Waals surface area contributed by atoms with E-state index in [1.165, 1.54) is 31.2 Å². The Morgan fingerprint density at radius 1 is 1.00 bits per heavy atom. The number of rotatable bonds is 7. The SMILES string of the molecule is c1cc(CCN(C[C@H]2CCCO2)C[C@H]2CCCO2)ccn1. The third kappa shape index (κ3) is 4.77. The molecule has 0 amide bonds. The minimum absolute atomic E-state index is 0.420. The molecule has 2 fully saturated rings. The first-order chi connectivity index (χ1) is 10.4. The van der Waals surface area contributed by atoms with Crippen LogP contribution in [0.15, 0.2) is 24.5 Å². The standard InChI is InChI=1S/C17H26N2O2/c1-3-16(20-11-1)13-19(14-17-4-2-12-21-17)10-7-15-5-8-18-9-6-15/h5-6,8-9,16-17H,1-4,7,10-14H2/t16-,17-/m1/s1. The van der Waals surface area contributed by atoms with Crippen LogP contribution in [-0.4, -0.2) is 54.9 Å². The third-order valence-electron chi connectivity index (χ3n) is 4.44. The molecule has 0 bridgehead atoms. The van der Waals surface area contributed by atoms with E-state index in [1.807, 2.05) is 12.4 Å². The highest BCUT2D eigenvalue weighted by atomic mass is 16.5. The van der Waals surface area contributed by atoms with Gasteiger partial charge in [-0.3, -0.25) is 9.88 Å². The molecule has 0 aliphatic carbocycles. The minimum atomic E-state index is 0.420. The first kappa shape index (κ1) is 14.9. The van der Waals surface area contributed by atoms with E-state index >= 15 is 0 Å². The Morgan fingerprint density at radius 2 is 1.62 bits per heavy atom. The van der Waals surface area contributed by atoms with E-state index in [1.54, 1.807) is 0 Å². The highest BCUT2D eigenvalue weighted by Crippen LogP contribution is 2.17. The summed E-state index contributed by atoms with van der Waals surface area (Å²) in [4.78, 5) is 6.62. The first-order valence-electron chi connectivity index (χ1n) is 8.24. The van der Waals surface area contributed by atoms with E-state index in [0.717, 1.165) is 39.3 Å². The monoisotopic (exact) mass is 290 g/mol. The van der Waals surface area contributed by atoms with Crippen molar-refractivity contribution in [1.82, 2.24) is 9.88 Å². The Morgan fingerprint density at radius 3 is 2.14 bits per heavy atom. The summed E-state index contributed by atoms with van der Waals surface area (Å²) >= 11 is 0. The van der Waals surface area contributed by atoms with E-state index < -0.39 is 0 Å². The van der Waals surface area contributed by atoms with Crippen molar-refractivity contribution in [1.29, 1.82) is 0 Å². The van der Waals surface area contributed by atoms with Crippen molar-refractivity contribution in [2.45, 2.75) is 44.3 Å². The van der Waals surface area contributed by atoms with Crippen molar-refractivity contribution >= 4 is 0 Å². The van der Waals surface area contributed by atoms with Gasteiger partial charge in [0.25, 0.3) is 0 Å². The molecule has 2 atom stereocenters. The highest BCUT2D eigenvalue weighted by Gasteiger charge is 2.23. The van der Waals surface area contributed by atoms with E-state index in [9.17, 15) is 0 Å². The van der Waals surface area contributed by atoms with Gasteiger partial charge < -0.3 is 9.47 Å². The van der Waals surface area contributed by atoms with Gasteiger partial charge in [-0.1, -0.05) is 0 Å². The van der Waals surface area contributed by atoms with Gasteiger partial charge in [0.15, 0.2) is 0 Å². The second kappa shape index (κ2) is 7.87. The fourth-order valence-corrected chi connectivity index (χ4v) is 3.25. The van der Waals surface area contributed by atoms with Crippen LogP contribution < -0.4 is 0 Å². The summed E-state index contributed by atoms with van der Waals surface area (Å²) < 4.78 is 11.6. The van der Waals surface area contributed by atoms with Crippen molar-refractivity contribution in [2.24, 2.45) is 0 Å². The van der Waals surface area contributed by atoms with Crippen LogP contribution in [0.4, 0.5) is 0 Å². The number of ether oxygens (including phenoxy) is 2. The van der Waals surface area contributed by atoms with Crippen LogP contribution in [0, 0.1) is 0 Å². The van der Waals surface area contributed by atoms with Crippen LogP contribution in [0.3, 0.4) is 0 Å². The summed E-state index contributed by atoms with van der Waals surface area (Å²) in [5.41, 5.74) is 1.36. The van der Waals surface area contributed by atoms with Crippen LogP contribution in [0.25, 0.3) is 0 Å². The molecule has 0 spiro atoms. The Balaban J connectivity index is 1.52. The molecule has 4 heteroatoms. The van der Waals surface area contributed by atoms with E-state index in [0.29, 0.717) is 12.2 Å². The van der Waals surface area contributed by atoms with Crippen LogP contribution in [0.5, 0.6) is 0 Å². The molecule has 0 unspecified atom stereocenters. The summed E-state index contributed by atoms with van der Waals surface area (Å²) in [6.07, 6.45) is 10.5. The van der Waals surface area contributed by atoms with E-state index in [4.69, 9.17) is 9.47 Å². The lowest BCUT2D eigenvalue weighted by Crippen LogP contribution is -2.39. The molecule has 0 N–H and O–H groups in total. The van der Waals surface area contributed by atoms with Gasteiger partial charge in [-0.15, -0.1) is 0 Å². The molecule has 3 heterocycles. The Kier molecular flexibility index (Phi) is 5.60. The largest absolute Gasteiger partial charge is 0.377 e.